The van der Waals surface area contributed by atoms with Crippen molar-refractivity contribution in [2.75, 3.05) is 0 Å². The number of fused-ring (bicyclic) bond motifs is 5. The lowest BCUT2D eigenvalue weighted by Crippen LogP contribution is -2.72. The lowest BCUT2D eigenvalue weighted by molar-refractivity contribution is -0.233. The molecule has 55 heavy (non-hydrogen) atoms. The fraction of sp³-hybridized carbons (Fsp3) is 0.558. The summed E-state index contributed by atoms with van der Waals surface area (Å²) in [5.41, 5.74) is -2.99. The van der Waals surface area contributed by atoms with Gasteiger partial charge in [0.2, 0.25) is 5.91 Å². The molecular weight excluding hydrogens is 706 g/mol. The molecule has 11 atom stereocenters. The molecule has 5 N–H and O–H groups in total. The van der Waals surface area contributed by atoms with Crippen LogP contribution in [-0.2, 0) is 33.5 Å². The smallest absolute Gasteiger partial charge is 0.373 e. The summed E-state index contributed by atoms with van der Waals surface area (Å²) in [6, 6.07) is 16.6. The standard InChI is InChI=1S/C42H53NO9.CO2/c1-7-27(44)21-30(46)43-33(25-16-12-9-13-17-25)35(48)38(50)52-28-22-42(51)32(24-14-10-8-11-15-24)36-40(5)19-18-26(40)20-29(45)41(36,6)37(49)34(47)31(23(28)2)39(42,3)4;2-1-3/h8-17,26,28-29,32-36,45,47-48,51H,7,18-22H2,1-6H3,(H,43,46);/t26-,28+,29+,32+,33+,34-,35-,36?,40-,41-,42-;/m1./s1. The van der Waals surface area contributed by atoms with Gasteiger partial charge in [0.1, 0.15) is 18.0 Å². The largest absolute Gasteiger partial charge is 0.456 e. The monoisotopic (exact) mass is 759 g/mol. The molecule has 0 saturated heterocycles. The summed E-state index contributed by atoms with van der Waals surface area (Å²) in [4.78, 5) is 70.0. The highest BCUT2D eigenvalue weighted by atomic mass is 16.6. The molecule has 4 aliphatic rings. The number of esters is 1. The molecule has 4 aliphatic carbocycles. The summed E-state index contributed by atoms with van der Waals surface area (Å²) in [5, 5.41) is 51.6. The third kappa shape index (κ3) is 6.93. The molecule has 2 bridgehead atoms. The molecule has 0 aromatic heterocycles. The van der Waals surface area contributed by atoms with Gasteiger partial charge in [0, 0.05) is 24.2 Å². The van der Waals surface area contributed by atoms with Gasteiger partial charge in [-0.05, 0) is 72.6 Å². The predicted molar refractivity (Wildman–Crippen MR) is 197 cm³/mol. The molecule has 3 fully saturated rings. The van der Waals surface area contributed by atoms with E-state index in [0.717, 1.165) is 18.4 Å². The predicted octanol–water partition coefficient (Wildman–Crippen LogP) is 3.91. The maximum absolute atomic E-state index is 14.8. The second-order valence-electron chi connectivity index (χ2n) is 16.7. The lowest BCUT2D eigenvalue weighted by Gasteiger charge is -2.69. The number of aliphatic hydroxyl groups is 4. The first kappa shape index (κ1) is 41.8. The Balaban J connectivity index is 0.00000187. The Morgan fingerprint density at radius 1 is 0.982 bits per heavy atom. The maximum atomic E-state index is 14.8. The van der Waals surface area contributed by atoms with Crippen LogP contribution in [0.3, 0.4) is 0 Å². The maximum Gasteiger partial charge on any atom is 0.373 e. The number of carbonyl (C=O) groups excluding carboxylic acids is 6. The van der Waals surface area contributed by atoms with Crippen molar-refractivity contribution in [3.8, 4) is 0 Å². The van der Waals surface area contributed by atoms with Crippen LogP contribution in [0.1, 0.15) is 103 Å². The number of hydrogen-bond acceptors (Lipinski definition) is 11. The number of ether oxygens (including phenoxy) is 1. The topological polar surface area (TPSA) is 205 Å². The summed E-state index contributed by atoms with van der Waals surface area (Å²) < 4.78 is 6.08. The highest BCUT2D eigenvalue weighted by molar-refractivity contribution is 5.98. The van der Waals surface area contributed by atoms with E-state index in [2.05, 4.69) is 12.2 Å². The van der Waals surface area contributed by atoms with Gasteiger partial charge in [0.05, 0.1) is 29.6 Å². The highest BCUT2D eigenvalue weighted by Gasteiger charge is 2.73. The van der Waals surface area contributed by atoms with E-state index in [4.69, 9.17) is 14.3 Å². The molecule has 0 spiro atoms. The minimum absolute atomic E-state index is 0.115. The van der Waals surface area contributed by atoms with Gasteiger partial charge in [-0.2, -0.15) is 9.59 Å². The van der Waals surface area contributed by atoms with Crippen LogP contribution in [0.15, 0.2) is 71.8 Å². The van der Waals surface area contributed by atoms with Crippen LogP contribution in [0.4, 0.5) is 0 Å². The number of benzene rings is 2. The molecular formula is C43H53NO11. The molecule has 12 heteroatoms. The second kappa shape index (κ2) is 15.7. The van der Waals surface area contributed by atoms with Gasteiger partial charge in [-0.3, -0.25) is 14.4 Å². The van der Waals surface area contributed by atoms with E-state index in [0.29, 0.717) is 17.6 Å². The minimum Gasteiger partial charge on any atom is -0.456 e. The second-order valence-corrected chi connectivity index (χ2v) is 16.7. The zero-order valence-electron chi connectivity index (χ0n) is 32.3. The molecule has 2 aromatic rings. The third-order valence-electron chi connectivity index (χ3n) is 13.8. The Hall–Kier alpha value is -4.32. The van der Waals surface area contributed by atoms with Gasteiger partial charge in [-0.25, -0.2) is 4.79 Å². The van der Waals surface area contributed by atoms with Crippen molar-refractivity contribution in [2.24, 2.45) is 28.1 Å². The first-order valence-electron chi connectivity index (χ1n) is 19.0. The number of amides is 1. The average Bonchev–Trinajstić information content (AvgIpc) is 3.15. The van der Waals surface area contributed by atoms with Gasteiger partial charge in [-0.1, -0.05) is 88.4 Å². The van der Waals surface area contributed by atoms with E-state index >= 15 is 0 Å². The molecule has 3 saturated carbocycles. The summed E-state index contributed by atoms with van der Waals surface area (Å²) in [6.45, 7) is 10.8. The van der Waals surface area contributed by atoms with E-state index in [1.807, 2.05) is 44.2 Å². The number of Topliss-reactive ketones (excluding diaryl/α,β-unsaturated/α-hetero) is 2. The van der Waals surface area contributed by atoms with E-state index in [-0.39, 0.29) is 36.3 Å². The number of rotatable bonds is 9. The van der Waals surface area contributed by atoms with Crippen molar-refractivity contribution in [3.05, 3.63) is 82.9 Å². The summed E-state index contributed by atoms with van der Waals surface area (Å²) in [5.74, 6) is -3.76. The molecule has 0 heterocycles. The number of hydrogen-bond donors (Lipinski definition) is 5. The summed E-state index contributed by atoms with van der Waals surface area (Å²) >= 11 is 0. The van der Waals surface area contributed by atoms with Crippen LogP contribution in [0, 0.1) is 28.1 Å². The van der Waals surface area contributed by atoms with Crippen molar-refractivity contribution < 1.29 is 53.9 Å². The highest BCUT2D eigenvalue weighted by Crippen LogP contribution is 2.72. The SMILES string of the molecule is CCC(=O)CC(=O)N[C@@H](c1ccccc1)[C@@H](O)C(=O)O[C@H]1C[C@@]2(O)[C@@H](c3ccccc3)C3[C@]4(C)CC[C@@H]4C[C@H](O)[C@@]3(C)C(=O)[C@H](O)C(=C1C)C2(C)C.O=C=O. The van der Waals surface area contributed by atoms with Gasteiger partial charge in [-0.15, -0.1) is 0 Å². The molecule has 1 amide bonds. The number of carbonyl (C=O) groups is 4. The lowest BCUT2D eigenvalue weighted by atomic mass is 9.35. The average molecular weight is 760 g/mol. The molecule has 0 radical (unpaired) electrons. The number of nitrogens with one attached hydrogen (secondary N) is 1. The number of aliphatic hydroxyl groups excluding tert-OH is 3. The normalized spacial score (nSPS) is 34.3. The first-order valence-corrected chi connectivity index (χ1v) is 19.0. The molecule has 0 aliphatic heterocycles. The van der Waals surface area contributed by atoms with Crippen LogP contribution >= 0.6 is 0 Å². The van der Waals surface area contributed by atoms with Gasteiger partial charge >= 0.3 is 12.1 Å². The minimum atomic E-state index is -1.90. The third-order valence-corrected chi connectivity index (χ3v) is 13.8. The first-order chi connectivity index (χ1) is 25.8. The van der Waals surface area contributed by atoms with Crippen molar-refractivity contribution in [1.82, 2.24) is 5.32 Å². The van der Waals surface area contributed by atoms with E-state index in [1.54, 1.807) is 51.1 Å². The molecule has 6 rings (SSSR count). The van der Waals surface area contributed by atoms with Gasteiger partial charge < -0.3 is 30.5 Å². The number of ketones is 2. The van der Waals surface area contributed by atoms with Crippen LogP contribution in [-0.4, -0.2) is 80.0 Å². The Labute approximate surface area is 321 Å². The Morgan fingerprint density at radius 3 is 2.11 bits per heavy atom. The van der Waals surface area contributed by atoms with Crippen molar-refractivity contribution in [2.45, 2.75) is 122 Å². The quantitative estimate of drug-likeness (QED) is 0.141. The van der Waals surface area contributed by atoms with Crippen molar-refractivity contribution >= 4 is 29.6 Å². The van der Waals surface area contributed by atoms with Crippen LogP contribution < -0.4 is 5.32 Å². The Morgan fingerprint density at radius 2 is 1.56 bits per heavy atom. The van der Waals surface area contributed by atoms with E-state index in [9.17, 15) is 39.6 Å². The zero-order valence-corrected chi connectivity index (χ0v) is 32.3. The van der Waals surface area contributed by atoms with Crippen LogP contribution in [0.25, 0.3) is 0 Å². The van der Waals surface area contributed by atoms with Crippen molar-refractivity contribution in [1.29, 1.82) is 0 Å². The zero-order chi connectivity index (χ0) is 40.7. The van der Waals surface area contributed by atoms with E-state index in [1.165, 1.54) is 0 Å². The van der Waals surface area contributed by atoms with Crippen LogP contribution in [0.2, 0.25) is 0 Å². The van der Waals surface area contributed by atoms with Crippen molar-refractivity contribution in [3.63, 3.8) is 0 Å². The van der Waals surface area contributed by atoms with E-state index < -0.39 is 88.2 Å². The fourth-order valence-corrected chi connectivity index (χ4v) is 10.6. The Bertz CT molecular complexity index is 1850. The molecule has 296 valence electrons. The molecule has 2 aromatic carbocycles. The van der Waals surface area contributed by atoms with Crippen LogP contribution in [0.5, 0.6) is 0 Å². The molecule has 12 nitrogen and oxygen atoms in total. The Kier molecular flexibility index (Phi) is 11.9. The molecule has 1 unspecified atom stereocenters. The van der Waals surface area contributed by atoms with Gasteiger partial charge in [0.25, 0.3) is 0 Å². The fourth-order valence-electron chi connectivity index (χ4n) is 10.6. The summed E-state index contributed by atoms with van der Waals surface area (Å²) in [6.07, 6.45) is -3.86. The summed E-state index contributed by atoms with van der Waals surface area (Å²) in [7, 11) is 0. The van der Waals surface area contributed by atoms with Gasteiger partial charge in [0.15, 0.2) is 11.9 Å².